The normalized spacial score (nSPS) is 20.8. The molecule has 0 radical (unpaired) electrons. The molecule has 1 aromatic rings. The van der Waals surface area contributed by atoms with E-state index in [1.807, 2.05) is 13.0 Å². The maximum Gasteiger partial charge on any atom is 0.311 e. The fourth-order valence-corrected chi connectivity index (χ4v) is 3.23. The molecule has 0 amide bonds. The molecule has 0 aliphatic carbocycles. The van der Waals surface area contributed by atoms with Gasteiger partial charge in [0.15, 0.2) is 9.84 Å². The number of hydrogen-bond acceptors (Lipinski definition) is 4. The lowest BCUT2D eigenvalue weighted by Gasteiger charge is -2.07. The van der Waals surface area contributed by atoms with Crippen LogP contribution in [0.15, 0.2) is 35.7 Å². The summed E-state index contributed by atoms with van der Waals surface area (Å²) in [6.07, 6.45) is 1.64. The third kappa shape index (κ3) is 3.43. The van der Waals surface area contributed by atoms with Crippen LogP contribution in [-0.4, -0.2) is 20.1 Å². The summed E-state index contributed by atoms with van der Waals surface area (Å²) in [5, 5.41) is 1.16. The molecule has 0 fully saturated rings. The first-order valence-electron chi connectivity index (χ1n) is 5.63. The molecule has 2 rings (SSSR count). The van der Waals surface area contributed by atoms with Crippen LogP contribution in [-0.2, 0) is 14.6 Å². The second-order valence-corrected chi connectivity index (χ2v) is 6.34. The van der Waals surface area contributed by atoms with E-state index < -0.39 is 15.8 Å². The summed E-state index contributed by atoms with van der Waals surface area (Å²) in [6.45, 7) is 1.91. The van der Waals surface area contributed by atoms with Gasteiger partial charge in [-0.1, -0.05) is 18.2 Å². The van der Waals surface area contributed by atoms with Gasteiger partial charge in [0.2, 0.25) is 0 Å². The van der Waals surface area contributed by atoms with Crippen LogP contribution in [0.4, 0.5) is 0 Å². The maximum atomic E-state index is 11.6. The van der Waals surface area contributed by atoms with Crippen LogP contribution < -0.4 is 4.74 Å². The van der Waals surface area contributed by atoms with Crippen molar-refractivity contribution in [2.75, 3.05) is 5.75 Å². The number of carbonyl (C=O) groups excluding carboxylic acids is 1. The van der Waals surface area contributed by atoms with Crippen molar-refractivity contribution >= 4 is 15.8 Å². The number of allylic oxidation sites excluding steroid dienone is 1. The Bertz CT molecular complexity index is 587. The number of ether oxygens (including phenoxy) is 1. The van der Waals surface area contributed by atoms with E-state index >= 15 is 0 Å². The van der Waals surface area contributed by atoms with Crippen LogP contribution in [0.25, 0.3) is 0 Å². The third-order valence-electron chi connectivity index (χ3n) is 2.65. The van der Waals surface area contributed by atoms with E-state index in [9.17, 15) is 13.2 Å². The molecular weight excluding hydrogens is 252 g/mol. The van der Waals surface area contributed by atoms with Gasteiger partial charge in [0.05, 0.1) is 12.2 Å². The lowest BCUT2D eigenvalue weighted by Crippen LogP contribution is -2.15. The molecule has 5 heteroatoms. The van der Waals surface area contributed by atoms with Gasteiger partial charge in [-0.05, 0) is 24.6 Å². The third-order valence-corrected chi connectivity index (χ3v) is 4.12. The van der Waals surface area contributed by atoms with Crippen molar-refractivity contribution in [3.8, 4) is 5.75 Å². The van der Waals surface area contributed by atoms with Crippen LogP contribution >= 0.6 is 0 Å². The number of hydrogen-bond donors (Lipinski definition) is 0. The number of aryl methyl sites for hydroxylation is 1. The lowest BCUT2D eigenvalue weighted by molar-refractivity contribution is -0.134. The summed E-state index contributed by atoms with van der Waals surface area (Å²) < 4.78 is 27.5. The zero-order valence-electron chi connectivity index (χ0n) is 10.00. The van der Waals surface area contributed by atoms with Gasteiger partial charge in [-0.25, -0.2) is 8.42 Å². The Kier molecular flexibility index (Phi) is 3.52. The molecule has 0 saturated heterocycles. The summed E-state index contributed by atoms with van der Waals surface area (Å²) in [7, 11) is -3.11. The molecule has 1 heterocycles. The van der Waals surface area contributed by atoms with Crippen molar-refractivity contribution < 1.29 is 17.9 Å². The molecule has 1 unspecified atom stereocenters. The molecule has 1 aliphatic rings. The van der Waals surface area contributed by atoms with Crippen molar-refractivity contribution in [1.82, 2.24) is 0 Å². The highest BCUT2D eigenvalue weighted by Gasteiger charge is 2.24. The lowest BCUT2D eigenvalue weighted by atomic mass is 10.1. The topological polar surface area (TPSA) is 60.4 Å². The van der Waals surface area contributed by atoms with Crippen LogP contribution in [0.5, 0.6) is 5.75 Å². The summed E-state index contributed by atoms with van der Waals surface area (Å²) in [5.74, 6) is -0.194. The predicted octanol–water partition coefficient (Wildman–Crippen LogP) is 1.85. The SMILES string of the molecule is Cc1cccc(OC(=O)CC2C=CS(=O)(=O)C2)c1. The molecule has 96 valence electrons. The zero-order valence-corrected chi connectivity index (χ0v) is 10.8. The molecule has 1 atom stereocenters. The molecule has 0 spiro atoms. The summed E-state index contributed by atoms with van der Waals surface area (Å²) >= 11 is 0. The Balaban J connectivity index is 1.92. The first kappa shape index (κ1) is 12.8. The van der Waals surface area contributed by atoms with E-state index in [1.54, 1.807) is 24.3 Å². The Hall–Kier alpha value is -1.62. The number of carbonyl (C=O) groups is 1. The molecular formula is C13H14O4S. The largest absolute Gasteiger partial charge is 0.427 e. The van der Waals surface area contributed by atoms with E-state index in [-0.39, 0.29) is 18.1 Å². The predicted molar refractivity (Wildman–Crippen MR) is 67.8 cm³/mol. The molecule has 0 aromatic heterocycles. The van der Waals surface area contributed by atoms with Crippen molar-refractivity contribution in [3.63, 3.8) is 0 Å². The average Bonchev–Trinajstić information content (AvgIpc) is 2.57. The Morgan fingerprint density at radius 3 is 2.83 bits per heavy atom. The fourth-order valence-electron chi connectivity index (χ4n) is 1.83. The summed E-state index contributed by atoms with van der Waals surface area (Å²) in [6, 6.07) is 7.17. The van der Waals surface area contributed by atoms with Crippen molar-refractivity contribution in [2.24, 2.45) is 5.92 Å². The van der Waals surface area contributed by atoms with Gasteiger partial charge in [0.1, 0.15) is 5.75 Å². The highest BCUT2D eigenvalue weighted by Crippen LogP contribution is 2.20. The smallest absolute Gasteiger partial charge is 0.311 e. The second kappa shape index (κ2) is 4.94. The number of esters is 1. The van der Waals surface area contributed by atoms with Gasteiger partial charge < -0.3 is 4.74 Å². The van der Waals surface area contributed by atoms with E-state index in [2.05, 4.69) is 0 Å². The quantitative estimate of drug-likeness (QED) is 0.619. The highest BCUT2D eigenvalue weighted by atomic mass is 32.2. The minimum Gasteiger partial charge on any atom is -0.427 e. The monoisotopic (exact) mass is 266 g/mol. The van der Waals surface area contributed by atoms with Gasteiger partial charge in [-0.15, -0.1) is 0 Å². The minimum atomic E-state index is -3.11. The van der Waals surface area contributed by atoms with Gasteiger partial charge in [0, 0.05) is 11.3 Å². The molecule has 0 saturated carbocycles. The first-order chi connectivity index (χ1) is 8.44. The van der Waals surface area contributed by atoms with E-state index in [0.29, 0.717) is 5.75 Å². The van der Waals surface area contributed by atoms with E-state index in [0.717, 1.165) is 11.0 Å². The molecule has 18 heavy (non-hydrogen) atoms. The Morgan fingerprint density at radius 2 is 2.22 bits per heavy atom. The first-order valence-corrected chi connectivity index (χ1v) is 7.34. The molecule has 1 aliphatic heterocycles. The van der Waals surface area contributed by atoms with Gasteiger partial charge in [-0.3, -0.25) is 4.79 Å². The Morgan fingerprint density at radius 1 is 1.44 bits per heavy atom. The average molecular weight is 266 g/mol. The van der Waals surface area contributed by atoms with Crippen molar-refractivity contribution in [1.29, 1.82) is 0 Å². The van der Waals surface area contributed by atoms with Crippen LogP contribution in [0.2, 0.25) is 0 Å². The van der Waals surface area contributed by atoms with Gasteiger partial charge in [-0.2, -0.15) is 0 Å². The number of sulfone groups is 1. The van der Waals surface area contributed by atoms with Crippen LogP contribution in [0.3, 0.4) is 0 Å². The maximum absolute atomic E-state index is 11.6. The molecule has 1 aromatic carbocycles. The number of rotatable bonds is 3. The molecule has 0 bridgehead atoms. The fraction of sp³-hybridized carbons (Fsp3) is 0.308. The Labute approximate surface area is 106 Å². The van der Waals surface area contributed by atoms with E-state index in [1.165, 1.54) is 0 Å². The highest BCUT2D eigenvalue weighted by molar-refractivity contribution is 7.94. The van der Waals surface area contributed by atoms with Crippen molar-refractivity contribution in [2.45, 2.75) is 13.3 Å². The molecule has 4 nitrogen and oxygen atoms in total. The molecule has 0 N–H and O–H groups in total. The van der Waals surface area contributed by atoms with Crippen LogP contribution in [0, 0.1) is 12.8 Å². The zero-order chi connectivity index (χ0) is 13.2. The van der Waals surface area contributed by atoms with E-state index in [4.69, 9.17) is 4.74 Å². The second-order valence-electron chi connectivity index (χ2n) is 4.41. The van der Waals surface area contributed by atoms with Gasteiger partial charge >= 0.3 is 5.97 Å². The standard InChI is InChI=1S/C13H14O4S/c1-10-3-2-4-12(7-10)17-13(14)8-11-5-6-18(15,16)9-11/h2-7,11H,8-9H2,1H3. The summed E-state index contributed by atoms with van der Waals surface area (Å²) in [4.78, 5) is 11.6. The summed E-state index contributed by atoms with van der Waals surface area (Å²) in [5.41, 5.74) is 1.00. The number of benzene rings is 1. The van der Waals surface area contributed by atoms with Crippen molar-refractivity contribution in [3.05, 3.63) is 41.3 Å². The van der Waals surface area contributed by atoms with Gasteiger partial charge in [0.25, 0.3) is 0 Å². The van der Waals surface area contributed by atoms with Crippen LogP contribution in [0.1, 0.15) is 12.0 Å². The minimum absolute atomic E-state index is 0.00405.